The monoisotopic (exact) mass is 434 g/mol. The molecule has 3 aromatic rings. The van der Waals surface area contributed by atoms with Gasteiger partial charge in [-0.2, -0.15) is 0 Å². The molecule has 8 heteroatoms. The predicted octanol–water partition coefficient (Wildman–Crippen LogP) is 5.02. The molecule has 1 aromatic heterocycles. The lowest BCUT2D eigenvalue weighted by atomic mass is 10.1. The Morgan fingerprint density at radius 1 is 1.16 bits per heavy atom. The Balaban J connectivity index is 1.83. The molecule has 0 unspecified atom stereocenters. The molecule has 0 aliphatic carbocycles. The van der Waals surface area contributed by atoms with E-state index >= 15 is 0 Å². The number of esters is 1. The summed E-state index contributed by atoms with van der Waals surface area (Å²) in [6.45, 7) is 9.64. The van der Waals surface area contributed by atoms with Crippen molar-refractivity contribution in [2.24, 2.45) is 0 Å². The van der Waals surface area contributed by atoms with E-state index in [0.29, 0.717) is 34.5 Å². The number of fused-ring (bicyclic) bond motifs is 1. The number of methoxy groups -OCH3 is 1. The maximum Gasteiger partial charge on any atom is 0.412 e. The van der Waals surface area contributed by atoms with Crippen LogP contribution >= 0.6 is 0 Å². The molecule has 0 radical (unpaired) electrons. The predicted molar refractivity (Wildman–Crippen MR) is 125 cm³/mol. The quantitative estimate of drug-likeness (QED) is 0.525. The molecule has 0 aliphatic heterocycles. The number of ether oxygens (including phenoxy) is 2. The highest BCUT2D eigenvalue weighted by molar-refractivity contribution is 6.06. The standard InChI is InChI=1S/C24H26N4O4/c1-6-15-11-18-20(19(12-15)22(29)31-5)26-14-27-21(18)25-13-16-8-7-9-17(10-16)28-23(30)32-24(2,3)4/h6-12,14H,1,13H2,2-5H3,(H,28,30)(H,25,26,27). The third-order valence-electron chi connectivity index (χ3n) is 4.43. The van der Waals surface area contributed by atoms with E-state index in [2.05, 4.69) is 27.2 Å². The van der Waals surface area contributed by atoms with Crippen molar-refractivity contribution in [3.05, 3.63) is 66.0 Å². The molecule has 0 bridgehead atoms. The average molecular weight is 434 g/mol. The molecule has 1 heterocycles. The van der Waals surface area contributed by atoms with Gasteiger partial charge in [0, 0.05) is 17.6 Å². The van der Waals surface area contributed by atoms with E-state index < -0.39 is 17.7 Å². The molecule has 0 saturated heterocycles. The van der Waals surface area contributed by atoms with Crippen LogP contribution in [0.4, 0.5) is 16.3 Å². The van der Waals surface area contributed by atoms with Crippen molar-refractivity contribution in [1.82, 2.24) is 9.97 Å². The van der Waals surface area contributed by atoms with Crippen LogP contribution in [0.15, 0.2) is 49.3 Å². The number of hydrogen-bond donors (Lipinski definition) is 2. The highest BCUT2D eigenvalue weighted by Crippen LogP contribution is 2.26. The first kappa shape index (κ1) is 22.7. The summed E-state index contributed by atoms with van der Waals surface area (Å²) in [7, 11) is 1.33. The van der Waals surface area contributed by atoms with E-state index in [1.54, 1.807) is 18.2 Å². The number of nitrogens with one attached hydrogen (secondary N) is 2. The number of carbonyl (C=O) groups excluding carboxylic acids is 2. The second-order valence-corrected chi connectivity index (χ2v) is 8.06. The van der Waals surface area contributed by atoms with Gasteiger partial charge in [0.1, 0.15) is 17.7 Å². The van der Waals surface area contributed by atoms with Crippen LogP contribution in [0.5, 0.6) is 0 Å². The number of nitrogens with zero attached hydrogens (tertiary/aromatic N) is 2. The summed E-state index contributed by atoms with van der Waals surface area (Å²) in [6.07, 6.45) is 2.52. The van der Waals surface area contributed by atoms with Crippen molar-refractivity contribution in [1.29, 1.82) is 0 Å². The molecule has 0 aliphatic rings. The maximum absolute atomic E-state index is 12.2. The number of benzene rings is 2. The summed E-state index contributed by atoms with van der Waals surface area (Å²) in [5, 5.41) is 6.68. The Morgan fingerprint density at radius 3 is 2.62 bits per heavy atom. The van der Waals surface area contributed by atoms with Gasteiger partial charge < -0.3 is 14.8 Å². The number of hydrogen-bond acceptors (Lipinski definition) is 7. The Labute approximate surface area is 186 Å². The molecular weight excluding hydrogens is 408 g/mol. The minimum absolute atomic E-state index is 0.342. The third kappa shape index (κ3) is 5.60. The van der Waals surface area contributed by atoms with Gasteiger partial charge in [-0.15, -0.1) is 0 Å². The lowest BCUT2D eigenvalue weighted by Gasteiger charge is -2.19. The Hall–Kier alpha value is -3.94. The first-order chi connectivity index (χ1) is 15.2. The lowest BCUT2D eigenvalue weighted by Crippen LogP contribution is -2.27. The number of rotatable bonds is 6. The van der Waals surface area contributed by atoms with Gasteiger partial charge in [-0.05, 0) is 56.2 Å². The van der Waals surface area contributed by atoms with Gasteiger partial charge in [0.25, 0.3) is 0 Å². The van der Waals surface area contributed by atoms with Gasteiger partial charge >= 0.3 is 12.1 Å². The van der Waals surface area contributed by atoms with Gasteiger partial charge in [0.15, 0.2) is 0 Å². The second-order valence-electron chi connectivity index (χ2n) is 8.06. The zero-order chi connectivity index (χ0) is 23.3. The smallest absolute Gasteiger partial charge is 0.412 e. The van der Waals surface area contributed by atoms with Gasteiger partial charge in [-0.1, -0.05) is 24.8 Å². The molecule has 2 N–H and O–H groups in total. The summed E-state index contributed by atoms with van der Waals surface area (Å²) in [5.41, 5.74) is 2.53. The molecule has 8 nitrogen and oxygen atoms in total. The van der Waals surface area contributed by atoms with Crippen LogP contribution in [0.2, 0.25) is 0 Å². The minimum atomic E-state index is -0.579. The summed E-state index contributed by atoms with van der Waals surface area (Å²) in [6, 6.07) is 10.9. The fourth-order valence-electron chi connectivity index (χ4n) is 3.08. The highest BCUT2D eigenvalue weighted by Gasteiger charge is 2.17. The lowest BCUT2D eigenvalue weighted by molar-refractivity contribution is 0.0600. The van der Waals surface area contributed by atoms with Crippen LogP contribution in [-0.2, 0) is 16.0 Å². The van der Waals surface area contributed by atoms with Crippen molar-refractivity contribution >= 4 is 40.5 Å². The summed E-state index contributed by atoms with van der Waals surface area (Å²) >= 11 is 0. The first-order valence-corrected chi connectivity index (χ1v) is 10.0. The van der Waals surface area contributed by atoms with Gasteiger partial charge in [-0.25, -0.2) is 19.6 Å². The molecular formula is C24H26N4O4. The van der Waals surface area contributed by atoms with Crippen molar-refractivity contribution in [3.8, 4) is 0 Å². The number of carbonyl (C=O) groups is 2. The molecule has 3 rings (SSSR count). The topological polar surface area (TPSA) is 102 Å². The first-order valence-electron chi connectivity index (χ1n) is 10.0. The van der Waals surface area contributed by atoms with Crippen LogP contribution < -0.4 is 10.6 Å². The van der Waals surface area contributed by atoms with Crippen LogP contribution in [0, 0.1) is 0 Å². The highest BCUT2D eigenvalue weighted by atomic mass is 16.6. The Morgan fingerprint density at radius 2 is 1.94 bits per heavy atom. The molecule has 2 aromatic carbocycles. The molecule has 0 atom stereocenters. The zero-order valence-electron chi connectivity index (χ0n) is 18.6. The SMILES string of the molecule is C=Cc1cc(C(=O)OC)c2ncnc(NCc3cccc(NC(=O)OC(C)(C)C)c3)c2c1. The van der Waals surface area contributed by atoms with Crippen molar-refractivity contribution in [3.63, 3.8) is 0 Å². The Kier molecular flexibility index (Phi) is 6.73. The van der Waals surface area contributed by atoms with Crippen molar-refractivity contribution in [2.75, 3.05) is 17.7 Å². The number of aromatic nitrogens is 2. The van der Waals surface area contributed by atoms with E-state index in [1.807, 2.05) is 45.0 Å². The van der Waals surface area contributed by atoms with E-state index in [9.17, 15) is 9.59 Å². The number of amides is 1. The van der Waals surface area contributed by atoms with Gasteiger partial charge in [0.2, 0.25) is 0 Å². The minimum Gasteiger partial charge on any atom is -0.465 e. The van der Waals surface area contributed by atoms with E-state index in [-0.39, 0.29) is 0 Å². The van der Waals surface area contributed by atoms with E-state index in [0.717, 1.165) is 11.1 Å². The number of anilines is 2. The molecule has 0 spiro atoms. The Bertz CT molecular complexity index is 1170. The fraction of sp³-hybridized carbons (Fsp3) is 0.250. The van der Waals surface area contributed by atoms with Crippen LogP contribution in [0.1, 0.15) is 42.3 Å². The van der Waals surface area contributed by atoms with Crippen molar-refractivity contribution < 1.29 is 19.1 Å². The molecule has 166 valence electrons. The van der Waals surface area contributed by atoms with Gasteiger partial charge in [-0.3, -0.25) is 5.32 Å². The second kappa shape index (κ2) is 9.47. The van der Waals surface area contributed by atoms with Crippen molar-refractivity contribution in [2.45, 2.75) is 32.9 Å². The van der Waals surface area contributed by atoms with Gasteiger partial charge in [0.05, 0.1) is 18.2 Å². The normalized spacial score (nSPS) is 11.0. The maximum atomic E-state index is 12.2. The van der Waals surface area contributed by atoms with E-state index in [4.69, 9.17) is 9.47 Å². The summed E-state index contributed by atoms with van der Waals surface area (Å²) < 4.78 is 10.2. The average Bonchev–Trinajstić information content (AvgIpc) is 2.75. The molecule has 1 amide bonds. The third-order valence-corrected chi connectivity index (χ3v) is 4.43. The fourth-order valence-corrected chi connectivity index (χ4v) is 3.08. The largest absolute Gasteiger partial charge is 0.465 e. The molecule has 0 saturated carbocycles. The van der Waals surface area contributed by atoms with E-state index in [1.165, 1.54) is 13.4 Å². The van der Waals surface area contributed by atoms with Crippen LogP contribution in [0.25, 0.3) is 17.0 Å². The summed E-state index contributed by atoms with van der Waals surface area (Å²) in [5.74, 6) is 0.0821. The zero-order valence-corrected chi connectivity index (χ0v) is 18.6. The van der Waals surface area contributed by atoms with Crippen LogP contribution in [-0.4, -0.2) is 34.7 Å². The molecule has 0 fully saturated rings. The van der Waals surface area contributed by atoms with Crippen LogP contribution in [0.3, 0.4) is 0 Å². The molecule has 32 heavy (non-hydrogen) atoms. The summed E-state index contributed by atoms with van der Waals surface area (Å²) in [4.78, 5) is 32.8.